The Labute approximate surface area is 218 Å². The van der Waals surface area contributed by atoms with Crippen LogP contribution in [0.25, 0.3) is 11.0 Å². The molecule has 3 aromatic rings. The number of rotatable bonds is 6. The lowest BCUT2D eigenvalue weighted by molar-refractivity contribution is -0.142. The van der Waals surface area contributed by atoms with Gasteiger partial charge in [0.25, 0.3) is 0 Å². The van der Waals surface area contributed by atoms with Gasteiger partial charge in [-0.25, -0.2) is 4.98 Å². The Morgan fingerprint density at radius 1 is 1.25 bits per heavy atom. The number of benzene rings is 1. The number of aromatic nitrogens is 2. The molecule has 1 amide bonds. The van der Waals surface area contributed by atoms with Gasteiger partial charge in [0.1, 0.15) is 11.4 Å². The predicted molar refractivity (Wildman–Crippen MR) is 144 cm³/mol. The van der Waals surface area contributed by atoms with E-state index in [-0.39, 0.29) is 29.6 Å². The third-order valence-electron chi connectivity index (χ3n) is 7.54. The molecule has 1 saturated heterocycles. The topological polar surface area (TPSA) is 64.4 Å². The minimum Gasteiger partial charge on any atom is -0.497 e. The number of hydrogen-bond acceptors (Lipinski definition) is 4. The minimum atomic E-state index is -0.229. The average Bonchev–Trinajstić information content (AvgIpc) is 3.16. The Bertz CT molecular complexity index is 1330. The Hall–Kier alpha value is -2.86. The summed E-state index contributed by atoms with van der Waals surface area (Å²) in [7, 11) is 3.58. The van der Waals surface area contributed by atoms with E-state index < -0.39 is 0 Å². The highest BCUT2D eigenvalue weighted by Gasteiger charge is 2.39. The van der Waals surface area contributed by atoms with Gasteiger partial charge in [-0.15, -0.1) is 0 Å². The highest BCUT2D eigenvalue weighted by Crippen LogP contribution is 2.42. The molecule has 4 rings (SSSR count). The Balaban J connectivity index is 1.67. The summed E-state index contributed by atoms with van der Waals surface area (Å²) in [5, 5.41) is 1.59. The fraction of sp³-hybridized carbons (Fsp3) is 0.483. The first-order valence-electron chi connectivity index (χ1n) is 12.6. The van der Waals surface area contributed by atoms with Crippen molar-refractivity contribution < 1.29 is 14.3 Å². The molecule has 36 heavy (non-hydrogen) atoms. The first-order valence-corrected chi connectivity index (χ1v) is 12.9. The summed E-state index contributed by atoms with van der Waals surface area (Å²) in [5.41, 5.74) is 4.45. The summed E-state index contributed by atoms with van der Waals surface area (Å²) in [6.07, 6.45) is 6.02. The quantitative estimate of drug-likeness (QED) is 0.376. The molecule has 0 N–H and O–H groups in total. The number of Topliss-reactive ketones (excluding diaryl/α,β-unsaturated/α-hetero) is 1. The standard InChI is InChI=1S/C29H36ClN3O3/c1-17(2)28(35)33-9-8-19(14-29(33,4)5)24-16-32(6)27-26(24)18(3)21(15-31-27)12-25(34)20-10-22(30)13-23(11-20)36-7/h10-11,13,15-17,19H,8-9,12,14H2,1-7H3/t19-/m1/s1. The monoisotopic (exact) mass is 509 g/mol. The van der Waals surface area contributed by atoms with Crippen molar-refractivity contribution >= 4 is 34.3 Å². The lowest BCUT2D eigenvalue weighted by Gasteiger charge is -2.46. The molecular formula is C29H36ClN3O3. The van der Waals surface area contributed by atoms with Gasteiger partial charge in [0.05, 0.1) is 7.11 Å². The van der Waals surface area contributed by atoms with Crippen molar-refractivity contribution in [3.8, 4) is 5.75 Å². The number of hydrogen-bond donors (Lipinski definition) is 0. The van der Waals surface area contributed by atoms with Crippen molar-refractivity contribution in [1.82, 2.24) is 14.5 Å². The van der Waals surface area contributed by atoms with Crippen LogP contribution in [0.3, 0.4) is 0 Å². The molecule has 7 heteroatoms. The molecule has 2 aromatic heterocycles. The number of pyridine rings is 1. The number of nitrogens with zero attached hydrogens (tertiary/aromatic N) is 3. The number of halogens is 1. The summed E-state index contributed by atoms with van der Waals surface area (Å²) in [6, 6.07) is 5.09. The fourth-order valence-corrected chi connectivity index (χ4v) is 5.79. The maximum atomic E-state index is 13.2. The number of ketones is 1. The van der Waals surface area contributed by atoms with Gasteiger partial charge in [0.2, 0.25) is 5.91 Å². The maximum Gasteiger partial charge on any atom is 0.225 e. The van der Waals surface area contributed by atoms with Crippen LogP contribution in [0.15, 0.2) is 30.6 Å². The van der Waals surface area contributed by atoms with E-state index in [0.29, 0.717) is 22.3 Å². The van der Waals surface area contributed by atoms with E-state index in [1.165, 1.54) is 5.56 Å². The third-order valence-corrected chi connectivity index (χ3v) is 7.75. The Morgan fingerprint density at radius 3 is 2.61 bits per heavy atom. The lowest BCUT2D eigenvalue weighted by atomic mass is 9.78. The van der Waals surface area contributed by atoms with Crippen LogP contribution < -0.4 is 4.74 Å². The largest absolute Gasteiger partial charge is 0.497 e. The van der Waals surface area contributed by atoms with Gasteiger partial charge in [0, 0.05) is 59.8 Å². The van der Waals surface area contributed by atoms with Crippen LogP contribution in [0.5, 0.6) is 5.75 Å². The lowest BCUT2D eigenvalue weighted by Crippen LogP contribution is -2.53. The van der Waals surface area contributed by atoms with Gasteiger partial charge in [-0.05, 0) is 74.4 Å². The van der Waals surface area contributed by atoms with Crippen LogP contribution in [0, 0.1) is 12.8 Å². The molecule has 1 fully saturated rings. The number of ether oxygens (including phenoxy) is 1. The molecule has 0 spiro atoms. The predicted octanol–water partition coefficient (Wildman–Crippen LogP) is 6.11. The van der Waals surface area contributed by atoms with Crippen LogP contribution in [-0.4, -0.2) is 45.3 Å². The third kappa shape index (κ3) is 4.88. The van der Waals surface area contributed by atoms with Crippen LogP contribution in [0.4, 0.5) is 0 Å². The van der Waals surface area contributed by atoms with Crippen molar-refractivity contribution in [3.05, 3.63) is 57.9 Å². The Kier molecular flexibility index (Phi) is 7.20. The van der Waals surface area contributed by atoms with Gasteiger partial charge >= 0.3 is 0 Å². The molecule has 192 valence electrons. The second-order valence-corrected chi connectivity index (χ2v) is 11.4. The van der Waals surface area contributed by atoms with E-state index in [2.05, 4.69) is 31.5 Å². The van der Waals surface area contributed by atoms with Gasteiger partial charge in [0.15, 0.2) is 5.78 Å². The number of amides is 1. The SMILES string of the molecule is COc1cc(Cl)cc(C(=O)Cc2cnc3c(c([C@@H]4CCN(C(=O)C(C)C)C(C)(C)C4)cn3C)c2C)c1. The summed E-state index contributed by atoms with van der Waals surface area (Å²) in [4.78, 5) is 32.8. The zero-order valence-electron chi connectivity index (χ0n) is 22.3. The van der Waals surface area contributed by atoms with Crippen molar-refractivity contribution in [2.24, 2.45) is 13.0 Å². The second kappa shape index (κ2) is 9.89. The van der Waals surface area contributed by atoms with E-state index in [1.54, 1.807) is 25.3 Å². The fourth-order valence-electron chi connectivity index (χ4n) is 5.57. The van der Waals surface area contributed by atoms with Gasteiger partial charge in [-0.1, -0.05) is 25.4 Å². The van der Waals surface area contributed by atoms with Crippen molar-refractivity contribution in [2.45, 2.75) is 65.3 Å². The molecule has 0 saturated carbocycles. The molecule has 0 radical (unpaired) electrons. The first kappa shape index (κ1) is 26.2. The summed E-state index contributed by atoms with van der Waals surface area (Å²) in [5.74, 6) is 1.05. The second-order valence-electron chi connectivity index (χ2n) is 10.9. The molecule has 1 aromatic carbocycles. The molecule has 1 aliphatic heterocycles. The normalized spacial score (nSPS) is 17.6. The van der Waals surface area contributed by atoms with E-state index in [1.807, 2.05) is 32.0 Å². The van der Waals surface area contributed by atoms with Gasteiger partial charge in [-0.2, -0.15) is 0 Å². The number of carbonyl (C=O) groups is 2. The number of fused-ring (bicyclic) bond motifs is 1. The van der Waals surface area contributed by atoms with Gasteiger partial charge in [-0.3, -0.25) is 9.59 Å². The Morgan fingerprint density at radius 2 is 1.97 bits per heavy atom. The smallest absolute Gasteiger partial charge is 0.225 e. The van der Waals surface area contributed by atoms with Gasteiger partial charge < -0.3 is 14.2 Å². The molecule has 3 heterocycles. The highest BCUT2D eigenvalue weighted by atomic mass is 35.5. The number of carbonyl (C=O) groups excluding carboxylic acids is 2. The molecule has 1 aliphatic rings. The van der Waals surface area contributed by atoms with E-state index >= 15 is 0 Å². The highest BCUT2D eigenvalue weighted by molar-refractivity contribution is 6.31. The number of likely N-dealkylation sites (tertiary alicyclic amines) is 1. The number of aryl methyl sites for hydroxylation is 2. The number of methoxy groups -OCH3 is 1. The van der Waals surface area contributed by atoms with Crippen molar-refractivity contribution in [3.63, 3.8) is 0 Å². The van der Waals surface area contributed by atoms with Crippen molar-refractivity contribution in [2.75, 3.05) is 13.7 Å². The van der Waals surface area contributed by atoms with Crippen LogP contribution >= 0.6 is 11.6 Å². The summed E-state index contributed by atoms with van der Waals surface area (Å²) < 4.78 is 7.35. The molecular weight excluding hydrogens is 474 g/mol. The minimum absolute atomic E-state index is 0.00983. The molecule has 0 aliphatic carbocycles. The summed E-state index contributed by atoms with van der Waals surface area (Å²) >= 11 is 6.19. The zero-order chi connectivity index (χ0) is 26.4. The maximum absolute atomic E-state index is 13.2. The number of piperidine rings is 1. The summed E-state index contributed by atoms with van der Waals surface area (Å²) in [6.45, 7) is 11.1. The van der Waals surface area contributed by atoms with E-state index in [0.717, 1.165) is 41.5 Å². The molecule has 1 atom stereocenters. The van der Waals surface area contributed by atoms with E-state index in [4.69, 9.17) is 21.3 Å². The molecule has 0 unspecified atom stereocenters. The first-order chi connectivity index (χ1) is 16.9. The van der Waals surface area contributed by atoms with Crippen LogP contribution in [-0.2, 0) is 18.3 Å². The van der Waals surface area contributed by atoms with E-state index in [9.17, 15) is 9.59 Å². The van der Waals surface area contributed by atoms with Crippen molar-refractivity contribution in [1.29, 1.82) is 0 Å². The van der Waals surface area contributed by atoms with Crippen LogP contribution in [0.2, 0.25) is 5.02 Å². The molecule has 0 bridgehead atoms. The van der Waals surface area contributed by atoms with Crippen LogP contribution in [0.1, 0.15) is 73.5 Å². The zero-order valence-corrected chi connectivity index (χ0v) is 23.1. The average molecular weight is 510 g/mol. The molecule has 6 nitrogen and oxygen atoms in total.